The zero-order valence-corrected chi connectivity index (χ0v) is 51.6. The van der Waals surface area contributed by atoms with Gasteiger partial charge in [0.05, 0.1) is 58.4 Å². The maximum absolute atomic E-state index is 12.8. The van der Waals surface area contributed by atoms with Gasteiger partial charge < -0.3 is 190 Å². The van der Waals surface area contributed by atoms with Crippen LogP contribution in [0.2, 0.25) is 0 Å². The number of aliphatic hydroxyl groups is 20. The van der Waals surface area contributed by atoms with Gasteiger partial charge in [0.15, 0.2) is 37.7 Å². The van der Waals surface area contributed by atoms with Crippen molar-refractivity contribution in [2.24, 2.45) is 0 Å². The van der Waals surface area contributed by atoms with Gasteiger partial charge >= 0.3 is 5.97 Å². The van der Waals surface area contributed by atoms with Crippen molar-refractivity contribution in [2.75, 3.05) is 46.2 Å². The van der Waals surface area contributed by atoms with Crippen molar-refractivity contribution in [3.63, 3.8) is 0 Å². The second kappa shape index (κ2) is 34.1. The van der Waals surface area contributed by atoms with Gasteiger partial charge in [0.1, 0.15) is 165 Å². The number of rotatable bonds is 26. The van der Waals surface area contributed by atoms with Gasteiger partial charge in [-0.15, -0.1) is 0 Å². The highest BCUT2D eigenvalue weighted by Gasteiger charge is 2.60. The first-order chi connectivity index (χ1) is 45.2. The predicted octanol–water partition coefficient (Wildman–Crippen LogP) is -16.5. The topological polar surface area (TPSA) is 678 Å². The number of aliphatic carboxylic acids is 1. The molecule has 7 saturated heterocycles. The third-order valence-electron chi connectivity index (χ3n) is 17.1. The van der Waals surface area contributed by atoms with Crippen LogP contribution in [-0.4, -0.2) is 403 Å². The highest BCUT2D eigenvalue weighted by Crippen LogP contribution is 2.39. The fourth-order valence-electron chi connectivity index (χ4n) is 12.1. The van der Waals surface area contributed by atoms with Gasteiger partial charge in [-0.2, -0.15) is 0 Å². The summed E-state index contributed by atoms with van der Waals surface area (Å²) in [6.45, 7) is -3.42. The van der Waals surface area contributed by atoms with E-state index in [-0.39, 0.29) is 0 Å². The Morgan fingerprint density at radius 2 is 0.802 bits per heavy atom. The standard InChI is InChI=1S/C53H88N4O39/c1-13(63)54-25-17(67)5-53(52(82)83,96-44(25)29(69)18(68)6-58)85-12-24-32(72)37(77)40(80)50(91-24)94-43-22(10-62)89-48(28(35(43)75)57-16(4)66)95-45-38(78)30(70)19(7-59)87-51(45)84-11-23-31(71)36(76)39(79)49(90-23)93-42-21(9-61)88-47(27(34(42)74)56-15(3)65)92-41-20(8-60)86-46(81)26(33(41)73)55-14(2)64/h17-51,58-62,67-81H,5-12H2,1-4H3,(H,54,63)(H,55,64)(H,56,65)(H,57,66)(H,82,83)/t17-,18+,19+,20+,21+,22+,23+,24+,25+,26+,27+,28+,29+,30+,31+,32-,33+,34+,35+,36-,37-,38-,39-,40+,41+,42+,43+,44+,45-,46?,47-,48-,49-,50-,51-,53+/m0/s1. The zero-order valence-electron chi connectivity index (χ0n) is 51.6. The van der Waals surface area contributed by atoms with E-state index < -0.39 is 303 Å². The Labute approximate surface area is 543 Å². The molecule has 0 spiro atoms. The molecule has 36 atom stereocenters. The molecule has 0 aliphatic carbocycles. The average Bonchev–Trinajstić information content (AvgIpc) is 0.768. The molecule has 4 amide bonds. The number of carbonyl (C=O) groups excluding carboxylic acids is 4. The first-order valence-corrected chi connectivity index (χ1v) is 30.2. The van der Waals surface area contributed by atoms with E-state index in [2.05, 4.69) is 21.3 Å². The van der Waals surface area contributed by atoms with Gasteiger partial charge in [-0.05, 0) is 0 Å². The van der Waals surface area contributed by atoms with Gasteiger partial charge in [0, 0.05) is 34.1 Å². The largest absolute Gasteiger partial charge is 0.477 e. The summed E-state index contributed by atoms with van der Waals surface area (Å²) < 4.78 is 75.1. The summed E-state index contributed by atoms with van der Waals surface area (Å²) in [5, 5.41) is 238. The number of carboxylic acids is 1. The zero-order chi connectivity index (χ0) is 71.3. The van der Waals surface area contributed by atoms with Crippen molar-refractivity contribution in [3.8, 4) is 0 Å². The fraction of sp³-hybridized carbons (Fsp3) is 0.906. The molecule has 0 saturated carbocycles. The Morgan fingerprint density at radius 3 is 1.24 bits per heavy atom. The van der Waals surface area contributed by atoms with Gasteiger partial charge in [0.25, 0.3) is 5.79 Å². The Kier molecular flexibility index (Phi) is 28.2. The van der Waals surface area contributed by atoms with Crippen LogP contribution in [0.1, 0.15) is 34.1 Å². The predicted molar refractivity (Wildman–Crippen MR) is 295 cm³/mol. The summed E-state index contributed by atoms with van der Waals surface area (Å²) in [5.41, 5.74) is 0. The first kappa shape index (κ1) is 79.4. The number of hydrogen-bond acceptors (Lipinski definition) is 38. The van der Waals surface area contributed by atoms with E-state index in [4.69, 9.17) is 61.6 Å². The third kappa shape index (κ3) is 17.7. The SMILES string of the molecule is CC(=O)N[C@H]1[C@H](O[C@H]2[C@H](O)[C@@H](NC(C)=O)C(O)O[C@@H]2CO)O[C@H](CO)[C@@H](O[C@@H]2O[C@H](CO[C@H]3O[C@H](CO)[C@@H](O)[C@H](O)[C@@H]3O[C@@H]3O[C@H](CO)[C@@H](O[C@@H]4O[C@H](CO[C@]5(C(=O)O)C[C@H](O)[C@@H](NC(C)=O)[C@H]([C@H](O)[C@H](O)CO)O5)[C@H](O)[C@H](O)[C@H]4O)[C@H](O)[C@H]3NC(C)=O)[C@@H](O)[C@H](O)[C@@H]2O)[C@@H]1O. The molecule has 7 heterocycles. The number of carbonyl (C=O) groups is 5. The monoisotopic (exact) mass is 1400 g/mol. The summed E-state index contributed by atoms with van der Waals surface area (Å²) in [5.74, 6) is -8.33. The maximum atomic E-state index is 12.8. The normalized spacial score (nSPS) is 46.0. The molecule has 1 unspecified atom stereocenters. The summed E-state index contributed by atoms with van der Waals surface area (Å²) >= 11 is 0. The summed E-state index contributed by atoms with van der Waals surface area (Å²) in [4.78, 5) is 62.1. The molecule has 96 heavy (non-hydrogen) atoms. The molecule has 554 valence electrons. The molecular weight excluding hydrogens is 1320 g/mol. The smallest absolute Gasteiger partial charge is 0.364 e. The van der Waals surface area contributed by atoms with Gasteiger partial charge in [-0.1, -0.05) is 0 Å². The van der Waals surface area contributed by atoms with E-state index in [1.807, 2.05) is 0 Å². The lowest BCUT2D eigenvalue weighted by Crippen LogP contribution is -2.70. The number of hydrogen-bond donors (Lipinski definition) is 25. The van der Waals surface area contributed by atoms with Crippen molar-refractivity contribution in [3.05, 3.63) is 0 Å². The quantitative estimate of drug-likeness (QED) is 0.0382. The molecule has 25 N–H and O–H groups in total. The average molecular weight is 1410 g/mol. The highest BCUT2D eigenvalue weighted by atomic mass is 16.8. The van der Waals surface area contributed by atoms with Crippen molar-refractivity contribution in [1.29, 1.82) is 0 Å². The molecule has 0 radical (unpaired) electrons. The Morgan fingerprint density at radius 1 is 0.427 bits per heavy atom. The summed E-state index contributed by atoms with van der Waals surface area (Å²) in [6, 6.07) is -6.82. The van der Waals surface area contributed by atoms with Gasteiger partial charge in [0.2, 0.25) is 23.6 Å². The van der Waals surface area contributed by atoms with Crippen LogP contribution in [0.15, 0.2) is 0 Å². The number of amides is 4. The molecule has 7 aliphatic heterocycles. The number of aliphatic hydroxyl groups excluding tert-OH is 20. The van der Waals surface area contributed by atoms with Crippen LogP contribution < -0.4 is 21.3 Å². The molecule has 43 nitrogen and oxygen atoms in total. The first-order valence-electron chi connectivity index (χ1n) is 30.2. The van der Waals surface area contributed by atoms with E-state index in [0.29, 0.717) is 0 Å². The molecule has 7 fully saturated rings. The van der Waals surface area contributed by atoms with Crippen LogP contribution in [0.4, 0.5) is 0 Å². The van der Waals surface area contributed by atoms with Crippen LogP contribution in [0.5, 0.6) is 0 Å². The Hall–Kier alpha value is -3.97. The van der Waals surface area contributed by atoms with Crippen LogP contribution in [0.3, 0.4) is 0 Å². The van der Waals surface area contributed by atoms with Crippen molar-refractivity contribution < 1.29 is 193 Å². The summed E-state index contributed by atoms with van der Waals surface area (Å²) in [7, 11) is 0. The van der Waals surface area contributed by atoms with E-state index in [1.165, 1.54) is 0 Å². The molecule has 7 rings (SSSR count). The fourth-order valence-corrected chi connectivity index (χ4v) is 12.1. The number of ether oxygens (including phenoxy) is 13. The van der Waals surface area contributed by atoms with E-state index in [9.17, 15) is 131 Å². The van der Waals surface area contributed by atoms with Crippen molar-refractivity contribution in [1.82, 2.24) is 21.3 Å². The Bertz CT molecular complexity index is 2540. The molecule has 0 bridgehead atoms. The van der Waals surface area contributed by atoms with E-state index >= 15 is 0 Å². The lowest BCUT2D eigenvalue weighted by atomic mass is 9.88. The van der Waals surface area contributed by atoms with E-state index in [0.717, 1.165) is 27.7 Å². The van der Waals surface area contributed by atoms with Crippen LogP contribution in [0.25, 0.3) is 0 Å². The lowest BCUT2D eigenvalue weighted by molar-refractivity contribution is -0.381. The number of nitrogens with one attached hydrogen (secondary N) is 4. The second-order valence-corrected chi connectivity index (χ2v) is 24.0. The molecular formula is C53H88N4O39. The molecule has 0 aromatic rings. The maximum Gasteiger partial charge on any atom is 0.364 e. The Balaban J connectivity index is 1.06. The van der Waals surface area contributed by atoms with Gasteiger partial charge in [-0.25, -0.2) is 4.79 Å². The minimum Gasteiger partial charge on any atom is -0.477 e. The summed E-state index contributed by atoms with van der Waals surface area (Å²) in [6.07, 6.45) is -63.5. The van der Waals surface area contributed by atoms with Gasteiger partial charge in [-0.3, -0.25) is 19.2 Å². The third-order valence-corrected chi connectivity index (χ3v) is 17.1. The van der Waals surface area contributed by atoms with Crippen molar-refractivity contribution in [2.45, 2.75) is 254 Å². The minimum absolute atomic E-state index is 0.728. The molecule has 0 aromatic carbocycles. The minimum atomic E-state index is -3.02. The van der Waals surface area contributed by atoms with Crippen LogP contribution in [-0.2, 0) is 85.6 Å². The van der Waals surface area contributed by atoms with E-state index in [1.54, 1.807) is 0 Å². The highest BCUT2D eigenvalue weighted by molar-refractivity contribution is 5.77. The lowest BCUT2D eigenvalue weighted by Gasteiger charge is -2.50. The van der Waals surface area contributed by atoms with Crippen LogP contribution in [0, 0.1) is 0 Å². The second-order valence-electron chi connectivity index (χ2n) is 24.0. The van der Waals surface area contributed by atoms with Crippen molar-refractivity contribution >= 4 is 29.6 Å². The molecule has 7 aliphatic rings. The molecule has 0 aromatic heterocycles. The molecule has 43 heteroatoms. The van der Waals surface area contributed by atoms with Crippen LogP contribution >= 0.6 is 0 Å². The number of carboxylic acid groups (broad SMARTS) is 1.